The Hall–Kier alpha value is -2.34. The predicted octanol–water partition coefficient (Wildman–Crippen LogP) is 4.31. The third-order valence-electron chi connectivity index (χ3n) is 4.76. The molecule has 0 fully saturated rings. The number of carbonyl (C=O) groups is 2. The van der Waals surface area contributed by atoms with Gasteiger partial charge in [-0.25, -0.2) is 0 Å². The van der Waals surface area contributed by atoms with Gasteiger partial charge in [0.25, 0.3) is 5.91 Å². The third-order valence-corrected chi connectivity index (χ3v) is 6.01. The van der Waals surface area contributed by atoms with E-state index in [0.29, 0.717) is 18.8 Å². The molecule has 1 N–H and O–H groups in total. The number of benzene rings is 2. The molecule has 0 radical (unpaired) electrons. The van der Waals surface area contributed by atoms with Crippen molar-refractivity contribution in [1.29, 1.82) is 0 Å². The summed E-state index contributed by atoms with van der Waals surface area (Å²) < 4.78 is 6.80. The van der Waals surface area contributed by atoms with Gasteiger partial charge in [0.15, 0.2) is 6.61 Å². The molecule has 0 heterocycles. The molecule has 0 saturated heterocycles. The van der Waals surface area contributed by atoms with Gasteiger partial charge >= 0.3 is 0 Å². The van der Waals surface area contributed by atoms with Crippen molar-refractivity contribution in [2.45, 2.75) is 47.2 Å². The number of nitrogens with zero attached hydrogens (tertiary/aromatic N) is 1. The minimum Gasteiger partial charge on any atom is -0.484 e. The van der Waals surface area contributed by atoms with Gasteiger partial charge in [-0.3, -0.25) is 9.59 Å². The van der Waals surface area contributed by atoms with Crippen LogP contribution in [0.2, 0.25) is 0 Å². The first-order valence-electron chi connectivity index (χ1n) is 9.75. The minimum absolute atomic E-state index is 0.129. The molecule has 0 aliphatic carbocycles. The Morgan fingerprint density at radius 2 is 1.69 bits per heavy atom. The maximum absolute atomic E-state index is 13.0. The largest absolute Gasteiger partial charge is 0.484 e. The van der Waals surface area contributed by atoms with Crippen LogP contribution in [0.15, 0.2) is 40.9 Å². The maximum atomic E-state index is 13.0. The van der Waals surface area contributed by atoms with Gasteiger partial charge in [-0.05, 0) is 63.4 Å². The van der Waals surface area contributed by atoms with Crippen LogP contribution in [0.5, 0.6) is 5.75 Å². The second kappa shape index (κ2) is 10.4. The van der Waals surface area contributed by atoms with Gasteiger partial charge < -0.3 is 15.0 Å². The molecule has 2 amide bonds. The van der Waals surface area contributed by atoms with Crippen LogP contribution in [0, 0.1) is 20.8 Å². The molecular weight excluding hydrogens is 432 g/mol. The second-order valence-electron chi connectivity index (χ2n) is 7.24. The van der Waals surface area contributed by atoms with Crippen molar-refractivity contribution in [3.8, 4) is 5.75 Å². The quantitative estimate of drug-likeness (QED) is 0.638. The molecule has 6 heteroatoms. The van der Waals surface area contributed by atoms with Gasteiger partial charge in [-0.2, -0.15) is 0 Å². The molecule has 0 aromatic heterocycles. The molecule has 0 saturated carbocycles. The number of halogens is 1. The second-order valence-corrected chi connectivity index (χ2v) is 8.03. The molecule has 1 atom stereocenters. The van der Waals surface area contributed by atoms with E-state index in [1.807, 2.05) is 64.1 Å². The third kappa shape index (κ3) is 6.32. The lowest BCUT2D eigenvalue weighted by atomic mass is 10.1. The Morgan fingerprint density at radius 3 is 2.24 bits per heavy atom. The van der Waals surface area contributed by atoms with Gasteiger partial charge in [-0.15, -0.1) is 0 Å². The summed E-state index contributed by atoms with van der Waals surface area (Å²) in [6, 6.07) is 11.1. The molecule has 156 valence electrons. The highest BCUT2D eigenvalue weighted by Crippen LogP contribution is 2.26. The normalized spacial score (nSPS) is 11.7. The standard InChI is InChI=1S/C23H29BrN2O3/c1-6-25-23(28)18(5)26(13-19-9-7-15(2)8-10-19)21(27)14-29-20-11-16(3)22(24)17(4)12-20/h7-12,18H,6,13-14H2,1-5H3,(H,25,28)/t18-/m1/s1. The van der Waals surface area contributed by atoms with E-state index >= 15 is 0 Å². The lowest BCUT2D eigenvalue weighted by Crippen LogP contribution is -2.49. The first kappa shape index (κ1) is 22.9. The zero-order valence-electron chi connectivity index (χ0n) is 17.7. The Kier molecular flexibility index (Phi) is 8.26. The topological polar surface area (TPSA) is 58.6 Å². The van der Waals surface area contributed by atoms with Crippen molar-refractivity contribution in [3.63, 3.8) is 0 Å². The van der Waals surface area contributed by atoms with E-state index in [1.165, 1.54) is 0 Å². The molecule has 0 unspecified atom stereocenters. The Labute approximate surface area is 181 Å². The smallest absolute Gasteiger partial charge is 0.261 e. The minimum atomic E-state index is -0.597. The monoisotopic (exact) mass is 460 g/mol. The van der Waals surface area contributed by atoms with Gasteiger partial charge in [0.05, 0.1) is 0 Å². The molecule has 2 aromatic rings. The number of amides is 2. The number of nitrogens with one attached hydrogen (secondary N) is 1. The summed E-state index contributed by atoms with van der Waals surface area (Å²) in [6.07, 6.45) is 0. The van der Waals surface area contributed by atoms with Crippen LogP contribution in [0.4, 0.5) is 0 Å². The fraction of sp³-hybridized carbons (Fsp3) is 0.391. The summed E-state index contributed by atoms with van der Waals surface area (Å²) in [7, 11) is 0. The highest BCUT2D eigenvalue weighted by Gasteiger charge is 2.26. The van der Waals surface area contributed by atoms with Crippen LogP contribution in [0.1, 0.15) is 36.1 Å². The van der Waals surface area contributed by atoms with Crippen LogP contribution in [-0.4, -0.2) is 35.9 Å². The Morgan fingerprint density at radius 1 is 1.10 bits per heavy atom. The van der Waals surface area contributed by atoms with Crippen molar-refractivity contribution in [2.75, 3.05) is 13.2 Å². The van der Waals surface area contributed by atoms with Crippen molar-refractivity contribution in [2.24, 2.45) is 0 Å². The summed E-state index contributed by atoms with van der Waals surface area (Å²) >= 11 is 3.53. The number of aryl methyl sites for hydroxylation is 3. The fourth-order valence-electron chi connectivity index (χ4n) is 3.01. The van der Waals surface area contributed by atoms with Crippen molar-refractivity contribution >= 4 is 27.7 Å². The first-order chi connectivity index (χ1) is 13.7. The molecule has 29 heavy (non-hydrogen) atoms. The number of carbonyl (C=O) groups excluding carboxylic acids is 2. The van der Waals surface area contributed by atoms with E-state index in [1.54, 1.807) is 11.8 Å². The number of hydrogen-bond acceptors (Lipinski definition) is 3. The molecule has 0 spiro atoms. The molecule has 5 nitrogen and oxygen atoms in total. The molecule has 2 rings (SSSR count). The van der Waals surface area contributed by atoms with E-state index < -0.39 is 6.04 Å². The van der Waals surface area contributed by atoms with Gasteiger partial charge in [0, 0.05) is 17.6 Å². The molecular formula is C23H29BrN2O3. The van der Waals surface area contributed by atoms with E-state index in [2.05, 4.69) is 21.2 Å². The van der Waals surface area contributed by atoms with E-state index in [4.69, 9.17) is 4.74 Å². The predicted molar refractivity (Wildman–Crippen MR) is 119 cm³/mol. The summed E-state index contributed by atoms with van der Waals surface area (Å²) in [5, 5.41) is 2.79. The molecule has 0 aliphatic rings. The maximum Gasteiger partial charge on any atom is 0.261 e. The van der Waals surface area contributed by atoms with Crippen molar-refractivity contribution in [3.05, 3.63) is 63.1 Å². The number of rotatable bonds is 8. The molecule has 2 aromatic carbocycles. The van der Waals surface area contributed by atoms with Crippen molar-refractivity contribution < 1.29 is 14.3 Å². The number of hydrogen-bond donors (Lipinski definition) is 1. The zero-order chi connectivity index (χ0) is 21.6. The van der Waals surface area contributed by atoms with Crippen LogP contribution in [0.25, 0.3) is 0 Å². The average molecular weight is 461 g/mol. The SMILES string of the molecule is CCNC(=O)[C@@H](C)N(Cc1ccc(C)cc1)C(=O)COc1cc(C)c(Br)c(C)c1. The summed E-state index contributed by atoms with van der Waals surface area (Å²) in [6.45, 7) is 10.3. The van der Waals surface area contributed by atoms with Gasteiger partial charge in [-0.1, -0.05) is 45.8 Å². The summed E-state index contributed by atoms with van der Waals surface area (Å²) in [5.74, 6) is 0.225. The summed E-state index contributed by atoms with van der Waals surface area (Å²) in [4.78, 5) is 26.9. The zero-order valence-corrected chi connectivity index (χ0v) is 19.3. The van der Waals surface area contributed by atoms with Crippen LogP contribution in [0.3, 0.4) is 0 Å². The lowest BCUT2D eigenvalue weighted by molar-refractivity contribution is -0.142. The van der Waals surface area contributed by atoms with E-state index in [9.17, 15) is 9.59 Å². The highest BCUT2D eigenvalue weighted by molar-refractivity contribution is 9.10. The van der Waals surface area contributed by atoms with Crippen LogP contribution < -0.4 is 10.1 Å². The number of ether oxygens (including phenoxy) is 1. The van der Waals surface area contributed by atoms with Crippen molar-refractivity contribution in [1.82, 2.24) is 10.2 Å². The lowest BCUT2D eigenvalue weighted by Gasteiger charge is -2.28. The van der Waals surface area contributed by atoms with Crippen LogP contribution >= 0.6 is 15.9 Å². The van der Waals surface area contributed by atoms with Crippen LogP contribution in [-0.2, 0) is 16.1 Å². The van der Waals surface area contributed by atoms with Gasteiger partial charge in [0.1, 0.15) is 11.8 Å². The Bertz CT molecular complexity index is 842. The highest BCUT2D eigenvalue weighted by atomic mass is 79.9. The van der Waals surface area contributed by atoms with Gasteiger partial charge in [0.2, 0.25) is 5.91 Å². The Balaban J connectivity index is 2.16. The molecule has 0 bridgehead atoms. The number of likely N-dealkylation sites (N-methyl/N-ethyl adjacent to an activating group) is 1. The van der Waals surface area contributed by atoms with E-state index in [-0.39, 0.29) is 18.4 Å². The molecule has 0 aliphatic heterocycles. The fourth-order valence-corrected chi connectivity index (χ4v) is 3.24. The first-order valence-corrected chi connectivity index (χ1v) is 10.5. The summed E-state index contributed by atoms with van der Waals surface area (Å²) in [5.41, 5.74) is 4.20. The van der Waals surface area contributed by atoms with E-state index in [0.717, 1.165) is 26.7 Å². The average Bonchev–Trinajstić information content (AvgIpc) is 2.69.